The van der Waals surface area contributed by atoms with Gasteiger partial charge in [0.25, 0.3) is 0 Å². The summed E-state index contributed by atoms with van der Waals surface area (Å²) in [6.45, 7) is 3.39. The van der Waals surface area contributed by atoms with Crippen molar-refractivity contribution in [3.63, 3.8) is 0 Å². The summed E-state index contributed by atoms with van der Waals surface area (Å²) in [6, 6.07) is 0.264. The molecule has 3 aliphatic heterocycles. The second-order valence-electron chi connectivity index (χ2n) is 4.20. The molecule has 0 bridgehead atoms. The van der Waals surface area contributed by atoms with Crippen molar-refractivity contribution in [3.05, 3.63) is 23.4 Å². The van der Waals surface area contributed by atoms with Gasteiger partial charge in [-0.1, -0.05) is 0 Å². The van der Waals surface area contributed by atoms with Gasteiger partial charge in [-0.3, -0.25) is 4.99 Å². The lowest BCUT2D eigenvalue weighted by molar-refractivity contribution is -0.129. The molecular formula is C11H13N3O2. The number of carbonyl (C=O) groups is 1. The zero-order chi connectivity index (χ0) is 11.1. The Morgan fingerprint density at radius 2 is 2.44 bits per heavy atom. The fourth-order valence-corrected chi connectivity index (χ4v) is 2.48. The molecule has 0 amide bonds. The van der Waals surface area contributed by atoms with Crippen LogP contribution in [0.3, 0.4) is 0 Å². The summed E-state index contributed by atoms with van der Waals surface area (Å²) < 4.78 is 0. The Morgan fingerprint density at radius 1 is 1.56 bits per heavy atom. The van der Waals surface area contributed by atoms with Crippen LogP contribution in [-0.2, 0) is 4.79 Å². The van der Waals surface area contributed by atoms with Crippen molar-refractivity contribution in [1.29, 1.82) is 0 Å². The summed E-state index contributed by atoms with van der Waals surface area (Å²) in [5.41, 5.74) is 2.52. The fraction of sp³-hybridized carbons (Fsp3) is 0.455. The van der Waals surface area contributed by atoms with Crippen LogP contribution in [0.25, 0.3) is 0 Å². The number of hydrogen-bond acceptors (Lipinski definition) is 4. The van der Waals surface area contributed by atoms with E-state index in [1.54, 1.807) is 6.08 Å². The minimum Gasteiger partial charge on any atom is -0.477 e. The molecule has 2 N–H and O–H groups in total. The van der Waals surface area contributed by atoms with Gasteiger partial charge in [0.15, 0.2) is 0 Å². The molecule has 0 aliphatic carbocycles. The van der Waals surface area contributed by atoms with Crippen LogP contribution < -0.4 is 5.32 Å². The number of fused-ring (bicyclic) bond motifs is 3. The van der Waals surface area contributed by atoms with Gasteiger partial charge in [-0.25, -0.2) is 4.79 Å². The van der Waals surface area contributed by atoms with Gasteiger partial charge in [-0.2, -0.15) is 0 Å². The molecule has 3 heterocycles. The van der Waals surface area contributed by atoms with E-state index >= 15 is 0 Å². The highest BCUT2D eigenvalue weighted by Crippen LogP contribution is 2.29. The molecule has 0 aromatic carbocycles. The maximum absolute atomic E-state index is 10.8. The van der Waals surface area contributed by atoms with Crippen LogP contribution in [0.1, 0.15) is 0 Å². The number of hydrogen-bond donors (Lipinski definition) is 2. The zero-order valence-corrected chi connectivity index (χ0v) is 8.81. The van der Waals surface area contributed by atoms with Gasteiger partial charge in [0, 0.05) is 25.3 Å². The standard InChI is InChI=1S/C11H13N3O2/c15-11(16)9-4-7-3-8-5-12-1-2-14(8)10(7)6-13-9/h3-4,10,12H,1-2,5-6H2,(H,15,16). The smallest absolute Gasteiger partial charge is 0.354 e. The molecule has 5 nitrogen and oxygen atoms in total. The van der Waals surface area contributed by atoms with Crippen LogP contribution in [-0.4, -0.2) is 53.9 Å². The third-order valence-corrected chi connectivity index (χ3v) is 3.26. The first-order valence-corrected chi connectivity index (χ1v) is 5.43. The van der Waals surface area contributed by atoms with E-state index < -0.39 is 5.97 Å². The lowest BCUT2D eigenvalue weighted by atomic mass is 10.0. The van der Waals surface area contributed by atoms with Crippen LogP contribution in [0.4, 0.5) is 0 Å². The summed E-state index contributed by atoms with van der Waals surface area (Å²) in [4.78, 5) is 17.3. The van der Waals surface area contributed by atoms with Gasteiger partial charge < -0.3 is 15.3 Å². The minimum absolute atomic E-state index is 0.177. The lowest BCUT2D eigenvalue weighted by Gasteiger charge is -2.34. The highest BCUT2D eigenvalue weighted by atomic mass is 16.4. The Hall–Kier alpha value is -1.62. The largest absolute Gasteiger partial charge is 0.477 e. The number of carboxylic acid groups (broad SMARTS) is 1. The van der Waals surface area contributed by atoms with Crippen molar-refractivity contribution in [1.82, 2.24) is 10.2 Å². The van der Waals surface area contributed by atoms with E-state index in [-0.39, 0.29) is 11.8 Å². The zero-order valence-electron chi connectivity index (χ0n) is 8.81. The molecule has 1 saturated heterocycles. The van der Waals surface area contributed by atoms with Crippen LogP contribution in [0.2, 0.25) is 0 Å². The van der Waals surface area contributed by atoms with Gasteiger partial charge in [-0.05, 0) is 17.7 Å². The number of dihydropyridines is 1. The Bertz CT molecular complexity index is 437. The first kappa shape index (κ1) is 9.59. The highest BCUT2D eigenvalue weighted by Gasteiger charge is 2.33. The second kappa shape index (κ2) is 3.45. The summed E-state index contributed by atoms with van der Waals surface area (Å²) in [6.07, 6.45) is 3.79. The molecule has 1 fully saturated rings. The van der Waals surface area contributed by atoms with Crippen molar-refractivity contribution in [2.75, 3.05) is 26.2 Å². The molecule has 0 spiro atoms. The monoisotopic (exact) mass is 219 g/mol. The molecular weight excluding hydrogens is 206 g/mol. The average Bonchev–Trinajstić information content (AvgIpc) is 2.66. The maximum Gasteiger partial charge on any atom is 0.354 e. The van der Waals surface area contributed by atoms with Crippen LogP contribution in [0.15, 0.2) is 28.4 Å². The summed E-state index contributed by atoms with van der Waals surface area (Å²) >= 11 is 0. The topological polar surface area (TPSA) is 64.9 Å². The van der Waals surface area contributed by atoms with E-state index in [2.05, 4.69) is 21.3 Å². The number of carboxylic acids is 1. The Labute approximate surface area is 93.2 Å². The molecule has 0 aromatic rings. The molecule has 0 saturated carbocycles. The normalized spacial score (nSPS) is 27.6. The average molecular weight is 219 g/mol. The maximum atomic E-state index is 10.8. The molecule has 1 unspecified atom stereocenters. The quantitative estimate of drug-likeness (QED) is 0.631. The minimum atomic E-state index is -0.938. The number of rotatable bonds is 1. The van der Waals surface area contributed by atoms with Crippen molar-refractivity contribution in [2.45, 2.75) is 6.04 Å². The second-order valence-corrected chi connectivity index (χ2v) is 4.20. The highest BCUT2D eigenvalue weighted by molar-refractivity contribution is 6.40. The fourth-order valence-electron chi connectivity index (χ4n) is 2.48. The SMILES string of the molecule is O=C(O)C1=NCC2C(=C1)C=C1CNCCN12. The molecule has 3 aliphatic rings. The van der Waals surface area contributed by atoms with Crippen LogP contribution >= 0.6 is 0 Å². The van der Waals surface area contributed by atoms with E-state index in [0.717, 1.165) is 25.2 Å². The molecule has 5 heteroatoms. The van der Waals surface area contributed by atoms with Crippen LogP contribution in [0, 0.1) is 0 Å². The number of piperazine rings is 1. The lowest BCUT2D eigenvalue weighted by Crippen LogP contribution is -2.45. The Balaban J connectivity index is 1.92. The van der Waals surface area contributed by atoms with Gasteiger partial charge in [-0.15, -0.1) is 0 Å². The van der Waals surface area contributed by atoms with E-state index in [1.807, 2.05) is 0 Å². The van der Waals surface area contributed by atoms with E-state index in [9.17, 15) is 4.79 Å². The third-order valence-electron chi connectivity index (χ3n) is 3.26. The Kier molecular flexibility index (Phi) is 2.07. The molecule has 0 radical (unpaired) electrons. The van der Waals surface area contributed by atoms with Crippen molar-refractivity contribution in [2.24, 2.45) is 4.99 Å². The van der Waals surface area contributed by atoms with Crippen LogP contribution in [0.5, 0.6) is 0 Å². The third kappa shape index (κ3) is 1.36. The number of nitrogens with one attached hydrogen (secondary N) is 1. The Morgan fingerprint density at radius 3 is 3.25 bits per heavy atom. The molecule has 0 aromatic heterocycles. The molecule has 3 rings (SSSR count). The number of aliphatic carboxylic acids is 1. The predicted octanol–water partition coefficient (Wildman–Crippen LogP) is -0.377. The van der Waals surface area contributed by atoms with E-state index in [1.165, 1.54) is 5.70 Å². The first-order chi connectivity index (χ1) is 7.75. The predicted molar refractivity (Wildman–Crippen MR) is 59.5 cm³/mol. The van der Waals surface area contributed by atoms with Crippen molar-refractivity contribution < 1.29 is 9.90 Å². The molecule has 1 atom stereocenters. The summed E-state index contributed by atoms with van der Waals surface area (Å²) in [5.74, 6) is -0.938. The first-order valence-electron chi connectivity index (χ1n) is 5.43. The molecule has 16 heavy (non-hydrogen) atoms. The van der Waals surface area contributed by atoms with E-state index in [0.29, 0.717) is 6.54 Å². The number of nitrogens with zero attached hydrogens (tertiary/aromatic N) is 2. The van der Waals surface area contributed by atoms with Gasteiger partial charge in [0.05, 0.1) is 12.6 Å². The number of aliphatic imine (C=N–C) groups is 1. The van der Waals surface area contributed by atoms with Gasteiger partial charge >= 0.3 is 5.97 Å². The van der Waals surface area contributed by atoms with Gasteiger partial charge in [0.1, 0.15) is 5.71 Å². The summed E-state index contributed by atoms with van der Waals surface area (Å²) in [7, 11) is 0. The van der Waals surface area contributed by atoms with E-state index in [4.69, 9.17) is 5.11 Å². The molecule has 84 valence electrons. The van der Waals surface area contributed by atoms with Gasteiger partial charge in [0.2, 0.25) is 0 Å². The van der Waals surface area contributed by atoms with Crippen molar-refractivity contribution >= 4 is 11.7 Å². The summed E-state index contributed by atoms with van der Waals surface area (Å²) in [5, 5.41) is 12.2. The van der Waals surface area contributed by atoms with Crippen molar-refractivity contribution in [3.8, 4) is 0 Å².